The summed E-state index contributed by atoms with van der Waals surface area (Å²) in [5, 5.41) is 9.23. The van der Waals surface area contributed by atoms with Gasteiger partial charge in [0.2, 0.25) is 0 Å². The Kier molecular flexibility index (Phi) is 2.80. The van der Waals surface area contributed by atoms with Crippen molar-refractivity contribution in [3.63, 3.8) is 0 Å². The highest BCUT2D eigenvalue weighted by Crippen LogP contribution is 2.35. The van der Waals surface area contributed by atoms with Crippen LogP contribution in [0.4, 0.5) is 0 Å². The van der Waals surface area contributed by atoms with Gasteiger partial charge in [-0.2, -0.15) is 17.0 Å². The lowest BCUT2D eigenvalue weighted by atomic mass is 9.95. The number of ether oxygens (including phenoxy) is 1. The molecule has 2 unspecified atom stereocenters. The van der Waals surface area contributed by atoms with Crippen LogP contribution in [0.15, 0.2) is 0 Å². The maximum Gasteiger partial charge on any atom is 0.165 e. The van der Waals surface area contributed by atoms with Gasteiger partial charge in [0.15, 0.2) is 5.60 Å². The molecule has 1 aliphatic rings. The van der Waals surface area contributed by atoms with Crippen LogP contribution in [-0.4, -0.2) is 23.7 Å². The van der Waals surface area contributed by atoms with Crippen LogP contribution >= 0.6 is 11.8 Å². The average Bonchev–Trinajstić information content (AvgIpc) is 2.06. The Bertz CT molecular complexity index is 177. The van der Waals surface area contributed by atoms with Crippen molar-refractivity contribution in [3.8, 4) is 6.07 Å². The Morgan fingerprint density at radius 2 is 2.45 bits per heavy atom. The molecule has 1 saturated heterocycles. The Morgan fingerprint density at radius 3 is 2.82 bits per heavy atom. The topological polar surface area (TPSA) is 33.0 Å². The molecule has 0 aromatic rings. The van der Waals surface area contributed by atoms with Gasteiger partial charge >= 0.3 is 0 Å². The zero-order valence-electron chi connectivity index (χ0n) is 6.96. The maximum absolute atomic E-state index is 8.92. The van der Waals surface area contributed by atoms with Crippen molar-refractivity contribution in [2.45, 2.75) is 30.6 Å². The zero-order chi connectivity index (χ0) is 8.32. The van der Waals surface area contributed by atoms with Gasteiger partial charge in [-0.1, -0.05) is 0 Å². The van der Waals surface area contributed by atoms with E-state index in [9.17, 15) is 0 Å². The van der Waals surface area contributed by atoms with Gasteiger partial charge < -0.3 is 4.74 Å². The first-order chi connectivity index (χ1) is 5.25. The molecule has 0 aromatic carbocycles. The van der Waals surface area contributed by atoms with E-state index in [2.05, 4.69) is 13.0 Å². The number of hydrogen-bond acceptors (Lipinski definition) is 3. The minimum Gasteiger partial charge on any atom is -0.362 e. The van der Waals surface area contributed by atoms with Crippen LogP contribution in [0.25, 0.3) is 0 Å². The fourth-order valence-corrected chi connectivity index (χ4v) is 2.59. The monoisotopic (exact) mass is 171 g/mol. The molecule has 2 atom stereocenters. The number of nitriles is 1. The van der Waals surface area contributed by atoms with Crippen LogP contribution < -0.4 is 0 Å². The molecule has 62 valence electrons. The Morgan fingerprint density at radius 1 is 1.73 bits per heavy atom. The Balaban J connectivity index is 2.71. The van der Waals surface area contributed by atoms with Gasteiger partial charge in [-0.3, -0.25) is 0 Å². The van der Waals surface area contributed by atoms with E-state index in [4.69, 9.17) is 10.00 Å². The van der Waals surface area contributed by atoms with E-state index in [1.54, 1.807) is 7.11 Å². The summed E-state index contributed by atoms with van der Waals surface area (Å²) in [6, 6.07) is 2.27. The van der Waals surface area contributed by atoms with Crippen molar-refractivity contribution in [1.29, 1.82) is 5.26 Å². The molecule has 1 fully saturated rings. The quantitative estimate of drug-likeness (QED) is 0.603. The standard InChI is InChI=1S/C8H13NOS/c1-7-8(6-9,10-2)4-3-5-11-7/h7H,3-5H2,1-2H3. The molecule has 0 bridgehead atoms. The van der Waals surface area contributed by atoms with Crippen molar-refractivity contribution in [3.05, 3.63) is 0 Å². The maximum atomic E-state index is 8.92. The fourth-order valence-electron chi connectivity index (χ4n) is 1.39. The van der Waals surface area contributed by atoms with Gasteiger partial charge in [0.1, 0.15) is 0 Å². The van der Waals surface area contributed by atoms with E-state index in [1.165, 1.54) is 0 Å². The Labute approximate surface area is 71.9 Å². The van der Waals surface area contributed by atoms with Crippen molar-refractivity contribution in [2.24, 2.45) is 0 Å². The summed E-state index contributed by atoms with van der Waals surface area (Å²) in [4.78, 5) is 0. The molecule has 0 amide bonds. The van der Waals surface area contributed by atoms with Gasteiger partial charge in [0.05, 0.1) is 6.07 Å². The molecular formula is C8H13NOS. The number of thioether (sulfide) groups is 1. The van der Waals surface area contributed by atoms with Crippen molar-refractivity contribution in [1.82, 2.24) is 0 Å². The summed E-state index contributed by atoms with van der Waals surface area (Å²) in [6.45, 7) is 2.07. The van der Waals surface area contributed by atoms with Crippen molar-refractivity contribution >= 4 is 11.8 Å². The third-order valence-corrected chi connectivity index (χ3v) is 3.68. The number of methoxy groups -OCH3 is 1. The van der Waals surface area contributed by atoms with Crippen molar-refractivity contribution in [2.75, 3.05) is 12.9 Å². The molecule has 1 heterocycles. The van der Waals surface area contributed by atoms with E-state index in [0.717, 1.165) is 18.6 Å². The lowest BCUT2D eigenvalue weighted by Gasteiger charge is -2.34. The molecule has 1 aliphatic heterocycles. The number of nitrogens with zero attached hydrogens (tertiary/aromatic N) is 1. The molecular weight excluding hydrogens is 158 g/mol. The second-order valence-corrected chi connectivity index (χ2v) is 4.27. The average molecular weight is 171 g/mol. The highest BCUT2D eigenvalue weighted by Gasteiger charge is 2.38. The molecule has 0 radical (unpaired) electrons. The van der Waals surface area contributed by atoms with Gasteiger partial charge in [-0.05, 0) is 25.5 Å². The summed E-state index contributed by atoms with van der Waals surface area (Å²) in [5.74, 6) is 1.16. The molecule has 0 aromatic heterocycles. The van der Waals surface area contributed by atoms with E-state index in [0.29, 0.717) is 5.25 Å². The minimum absolute atomic E-state index is 0.311. The molecule has 11 heavy (non-hydrogen) atoms. The molecule has 0 saturated carbocycles. The second-order valence-electron chi connectivity index (χ2n) is 2.82. The minimum atomic E-state index is -0.511. The number of rotatable bonds is 1. The molecule has 3 heteroatoms. The predicted molar refractivity (Wildman–Crippen MR) is 46.5 cm³/mol. The van der Waals surface area contributed by atoms with E-state index >= 15 is 0 Å². The van der Waals surface area contributed by atoms with Crippen LogP contribution in [0.3, 0.4) is 0 Å². The van der Waals surface area contributed by atoms with E-state index in [-0.39, 0.29) is 0 Å². The zero-order valence-corrected chi connectivity index (χ0v) is 7.78. The SMILES string of the molecule is COC1(C#N)CCCSC1C. The molecule has 0 spiro atoms. The van der Waals surface area contributed by atoms with Crippen LogP contribution in [0.5, 0.6) is 0 Å². The van der Waals surface area contributed by atoms with Crippen LogP contribution in [0, 0.1) is 11.3 Å². The first-order valence-electron chi connectivity index (χ1n) is 3.83. The van der Waals surface area contributed by atoms with E-state index < -0.39 is 5.60 Å². The summed E-state index contributed by atoms with van der Waals surface area (Å²) in [7, 11) is 1.63. The second kappa shape index (κ2) is 3.46. The van der Waals surface area contributed by atoms with E-state index in [1.807, 2.05) is 11.8 Å². The summed E-state index contributed by atoms with van der Waals surface area (Å²) >= 11 is 1.83. The highest BCUT2D eigenvalue weighted by atomic mass is 32.2. The number of hydrogen-bond donors (Lipinski definition) is 0. The lowest BCUT2D eigenvalue weighted by molar-refractivity contribution is 0.0303. The van der Waals surface area contributed by atoms with Crippen LogP contribution in [0.1, 0.15) is 19.8 Å². The van der Waals surface area contributed by atoms with Gasteiger partial charge in [-0.15, -0.1) is 0 Å². The molecule has 0 aliphatic carbocycles. The molecule has 0 N–H and O–H groups in total. The van der Waals surface area contributed by atoms with Crippen LogP contribution in [-0.2, 0) is 4.74 Å². The van der Waals surface area contributed by atoms with Gasteiger partial charge in [0, 0.05) is 12.4 Å². The molecule has 1 rings (SSSR count). The van der Waals surface area contributed by atoms with Crippen LogP contribution in [0.2, 0.25) is 0 Å². The summed E-state index contributed by atoms with van der Waals surface area (Å²) in [6.07, 6.45) is 1.98. The molecule has 2 nitrogen and oxygen atoms in total. The normalized spacial score (nSPS) is 38.1. The van der Waals surface area contributed by atoms with Gasteiger partial charge in [-0.25, -0.2) is 0 Å². The van der Waals surface area contributed by atoms with Crippen molar-refractivity contribution < 1.29 is 4.74 Å². The highest BCUT2D eigenvalue weighted by molar-refractivity contribution is 8.00. The summed E-state index contributed by atoms with van der Waals surface area (Å²) in [5.41, 5.74) is -0.511. The Hall–Kier alpha value is -0.200. The van der Waals surface area contributed by atoms with Gasteiger partial charge in [0.25, 0.3) is 0 Å². The lowest BCUT2D eigenvalue weighted by Crippen LogP contribution is -2.42. The summed E-state index contributed by atoms with van der Waals surface area (Å²) < 4.78 is 5.26. The first kappa shape index (κ1) is 8.89. The first-order valence-corrected chi connectivity index (χ1v) is 4.88. The smallest absolute Gasteiger partial charge is 0.165 e. The largest absolute Gasteiger partial charge is 0.362 e. The third-order valence-electron chi connectivity index (χ3n) is 2.27. The fraction of sp³-hybridized carbons (Fsp3) is 0.875. The third kappa shape index (κ3) is 1.52. The predicted octanol–water partition coefficient (Wildman–Crippen LogP) is 1.81.